The zero-order valence-corrected chi connectivity index (χ0v) is 33.2. The van der Waals surface area contributed by atoms with E-state index >= 15 is 0 Å². The molecule has 0 saturated carbocycles. The van der Waals surface area contributed by atoms with Gasteiger partial charge in [-0.15, -0.1) is 0 Å². The largest absolute Gasteiger partial charge is 0.488 e. The lowest BCUT2D eigenvalue weighted by Gasteiger charge is -2.17. The Labute approximate surface area is 325 Å². The number of rotatable bonds is 16. The number of aliphatic carboxylic acids is 3. The molecule has 0 aromatic heterocycles. The van der Waals surface area contributed by atoms with Gasteiger partial charge in [-0.25, -0.2) is 9.59 Å². The van der Waals surface area contributed by atoms with Crippen molar-refractivity contribution in [2.75, 3.05) is 0 Å². The number of carbonyl (C=O) groups is 4. The minimum atomic E-state index is -1.70. The summed E-state index contributed by atoms with van der Waals surface area (Å²) < 4.78 is 13.8. The van der Waals surface area contributed by atoms with Crippen molar-refractivity contribution in [3.63, 3.8) is 0 Å². The minimum absolute atomic E-state index is 0.0591. The molecular formula is C39H44Br2N2O10. The van der Waals surface area contributed by atoms with Gasteiger partial charge in [-0.05, 0) is 121 Å². The lowest BCUT2D eigenvalue weighted by Crippen LogP contribution is -2.42. The summed E-state index contributed by atoms with van der Waals surface area (Å²) in [7, 11) is 0. The monoisotopic (exact) mass is 858 g/mol. The molecule has 4 rings (SSSR count). The first-order chi connectivity index (χ1) is 25.3. The fourth-order valence-corrected chi connectivity index (χ4v) is 6.06. The van der Waals surface area contributed by atoms with Crippen LogP contribution in [-0.4, -0.2) is 56.9 Å². The molecule has 0 radical (unpaired) electrons. The number of halogens is 2. The average molecular weight is 861 g/mol. The van der Waals surface area contributed by atoms with Crippen LogP contribution in [0, 0.1) is 13.8 Å². The number of carboxylic acid groups (broad SMARTS) is 4. The summed E-state index contributed by atoms with van der Waals surface area (Å²) in [6.07, 6.45) is 0. The fraction of sp³-hybridized carbons (Fsp3) is 0.282. The predicted molar refractivity (Wildman–Crippen MR) is 208 cm³/mol. The first-order valence-corrected chi connectivity index (χ1v) is 18.1. The molecule has 0 heterocycles. The molecule has 284 valence electrons. The predicted octanol–water partition coefficient (Wildman–Crippen LogP) is 7.57. The van der Waals surface area contributed by atoms with Crippen LogP contribution in [0.1, 0.15) is 54.2 Å². The molecule has 6 N–H and O–H groups in total. The molecular weight excluding hydrogens is 816 g/mol. The first-order valence-electron chi connectivity index (χ1n) is 16.5. The van der Waals surface area contributed by atoms with Crippen LogP contribution in [0.25, 0.3) is 11.1 Å². The third-order valence-corrected chi connectivity index (χ3v) is 9.17. The number of hydrogen-bond donors (Lipinski definition) is 6. The molecule has 1 unspecified atom stereocenters. The van der Waals surface area contributed by atoms with E-state index in [1.54, 1.807) is 25.1 Å². The summed E-state index contributed by atoms with van der Waals surface area (Å²) in [5.74, 6) is -2.53. The number of ether oxygens (including phenoxy) is 2. The van der Waals surface area contributed by atoms with Crippen LogP contribution in [0.15, 0.2) is 81.7 Å². The van der Waals surface area contributed by atoms with Crippen molar-refractivity contribution in [1.82, 2.24) is 10.6 Å². The maximum atomic E-state index is 11.1. The van der Waals surface area contributed by atoms with Gasteiger partial charge >= 0.3 is 17.9 Å². The Morgan fingerprint density at radius 3 is 1.45 bits per heavy atom. The quantitative estimate of drug-likeness (QED) is 0.0479. The molecule has 0 aliphatic carbocycles. The molecule has 53 heavy (non-hydrogen) atoms. The van der Waals surface area contributed by atoms with Crippen LogP contribution in [0.3, 0.4) is 0 Å². The highest BCUT2D eigenvalue weighted by Gasteiger charge is 2.25. The zero-order valence-electron chi connectivity index (χ0n) is 30.0. The number of hydrogen-bond acceptors (Lipinski definition) is 8. The van der Waals surface area contributed by atoms with E-state index in [0.717, 1.165) is 43.4 Å². The van der Waals surface area contributed by atoms with E-state index in [1.807, 2.05) is 56.3 Å². The van der Waals surface area contributed by atoms with E-state index in [2.05, 4.69) is 68.5 Å². The summed E-state index contributed by atoms with van der Waals surface area (Å²) >= 11 is 7.09. The number of benzene rings is 4. The molecule has 4 aromatic rings. The molecule has 12 nitrogen and oxygen atoms in total. The van der Waals surface area contributed by atoms with Gasteiger partial charge in [-0.2, -0.15) is 0 Å². The van der Waals surface area contributed by atoms with Crippen molar-refractivity contribution in [2.24, 2.45) is 0 Å². The summed E-state index contributed by atoms with van der Waals surface area (Å²) in [4.78, 5) is 41.7. The van der Waals surface area contributed by atoms with Crippen molar-refractivity contribution in [3.8, 4) is 22.6 Å². The van der Waals surface area contributed by atoms with Crippen LogP contribution in [0.2, 0.25) is 0 Å². The Bertz CT molecular complexity index is 1850. The van der Waals surface area contributed by atoms with E-state index < -0.39 is 30.0 Å². The third kappa shape index (κ3) is 13.3. The maximum Gasteiger partial charge on any atom is 0.332 e. The van der Waals surface area contributed by atoms with E-state index in [1.165, 1.54) is 0 Å². The maximum absolute atomic E-state index is 11.1. The molecule has 0 aliphatic heterocycles. The molecule has 0 spiro atoms. The van der Waals surface area contributed by atoms with Crippen molar-refractivity contribution < 1.29 is 49.1 Å². The standard InChI is InChI=1S/C36H36Br2N2O8.C2H6.CH2O2/c1-20-25(18-47-31-12-10-23(14-29(31)37)16-39-22(3)34(41)42)6-4-8-27(20)28-9-5-7-26(21(28)2)19-48-32-13-11-24(15-30(32)38)17-40-33(35(43)44)36(45)46;1-2;2-1-3/h4-15,22,33,39-40H,16-19H2,1-3H3,(H,41,42)(H,43,44)(H,45,46);1-2H3;1H,(H,2,3). The van der Waals surface area contributed by atoms with Gasteiger partial charge < -0.3 is 35.2 Å². The van der Waals surface area contributed by atoms with Crippen LogP contribution in [0.4, 0.5) is 0 Å². The van der Waals surface area contributed by atoms with Crippen molar-refractivity contribution >= 4 is 56.2 Å². The van der Waals surface area contributed by atoms with Gasteiger partial charge in [-0.3, -0.25) is 14.9 Å². The topological polar surface area (TPSA) is 192 Å². The minimum Gasteiger partial charge on any atom is -0.488 e. The molecule has 0 fully saturated rings. The highest BCUT2D eigenvalue weighted by Crippen LogP contribution is 2.33. The zero-order chi connectivity index (χ0) is 39.7. The normalized spacial score (nSPS) is 10.9. The number of nitrogens with one attached hydrogen (secondary N) is 2. The Balaban J connectivity index is 0.00000185. The van der Waals surface area contributed by atoms with Crippen LogP contribution >= 0.6 is 31.9 Å². The van der Waals surface area contributed by atoms with Gasteiger partial charge in [0.1, 0.15) is 30.8 Å². The molecule has 1 atom stereocenters. The van der Waals surface area contributed by atoms with Crippen LogP contribution in [0.5, 0.6) is 11.5 Å². The van der Waals surface area contributed by atoms with Gasteiger partial charge in [0, 0.05) is 13.1 Å². The van der Waals surface area contributed by atoms with Crippen LogP contribution < -0.4 is 20.1 Å². The fourth-order valence-electron chi connectivity index (χ4n) is 4.98. The molecule has 0 amide bonds. The molecule has 0 aliphatic rings. The van der Waals surface area contributed by atoms with E-state index in [-0.39, 0.29) is 13.0 Å². The van der Waals surface area contributed by atoms with Crippen molar-refractivity contribution in [3.05, 3.63) is 115 Å². The summed E-state index contributed by atoms with van der Waals surface area (Å²) in [5.41, 5.74) is 8.02. The average Bonchev–Trinajstić information content (AvgIpc) is 3.12. The lowest BCUT2D eigenvalue weighted by atomic mass is 9.92. The molecule has 0 bridgehead atoms. The Kier molecular flexibility index (Phi) is 18.7. The van der Waals surface area contributed by atoms with Gasteiger partial charge in [-0.1, -0.05) is 62.4 Å². The smallest absolute Gasteiger partial charge is 0.332 e. The lowest BCUT2D eigenvalue weighted by molar-refractivity contribution is -0.151. The van der Waals surface area contributed by atoms with E-state index in [4.69, 9.17) is 34.7 Å². The summed E-state index contributed by atoms with van der Waals surface area (Å²) in [6, 6.07) is 20.9. The second kappa shape index (κ2) is 22.3. The first kappa shape index (κ1) is 44.4. The van der Waals surface area contributed by atoms with E-state index in [0.29, 0.717) is 41.3 Å². The van der Waals surface area contributed by atoms with Crippen LogP contribution in [-0.2, 0) is 45.5 Å². The van der Waals surface area contributed by atoms with Gasteiger partial charge in [0.05, 0.1) is 8.95 Å². The molecule has 0 saturated heterocycles. The second-order valence-corrected chi connectivity index (χ2v) is 13.0. The Morgan fingerprint density at radius 2 is 1.09 bits per heavy atom. The van der Waals surface area contributed by atoms with Gasteiger partial charge in [0.15, 0.2) is 0 Å². The van der Waals surface area contributed by atoms with E-state index in [9.17, 15) is 14.4 Å². The Hall–Kier alpha value is -4.76. The van der Waals surface area contributed by atoms with Crippen molar-refractivity contribution in [1.29, 1.82) is 0 Å². The Morgan fingerprint density at radius 1 is 0.698 bits per heavy atom. The van der Waals surface area contributed by atoms with Gasteiger partial charge in [0.25, 0.3) is 6.47 Å². The third-order valence-electron chi connectivity index (χ3n) is 7.93. The van der Waals surface area contributed by atoms with Gasteiger partial charge in [0.2, 0.25) is 6.04 Å². The highest BCUT2D eigenvalue weighted by molar-refractivity contribution is 9.10. The SMILES string of the molecule is CC.Cc1c(COc2ccc(CNC(C)C(=O)O)cc2Br)cccc1-c1cccc(COc2ccc(CNC(C(=O)O)C(=O)O)cc2Br)c1C.O=CO. The summed E-state index contributed by atoms with van der Waals surface area (Å²) in [5, 5.41) is 39.6. The molecule has 14 heteroatoms. The van der Waals surface area contributed by atoms with Crippen molar-refractivity contribution in [2.45, 2.75) is 73.0 Å². The second-order valence-electron chi connectivity index (χ2n) is 11.3. The summed E-state index contributed by atoms with van der Waals surface area (Å²) in [6.45, 7) is 10.6. The highest BCUT2D eigenvalue weighted by atomic mass is 79.9. The number of carboxylic acids is 3. The molecule has 4 aromatic carbocycles.